The van der Waals surface area contributed by atoms with Gasteiger partial charge in [0.15, 0.2) is 11.5 Å². The number of halogens is 2. The highest BCUT2D eigenvalue weighted by atomic mass is 19.3. The number of carbonyl (C=O) groups is 1. The molecule has 174 valence electrons. The lowest BCUT2D eigenvalue weighted by Crippen LogP contribution is -2.59. The molecule has 8 atom stereocenters. The number of hydrogen-bond acceptors (Lipinski definition) is 5. The maximum atomic E-state index is 16.0. The van der Waals surface area contributed by atoms with Gasteiger partial charge in [0, 0.05) is 17.8 Å². The van der Waals surface area contributed by atoms with Gasteiger partial charge in [-0.2, -0.15) is 5.26 Å². The van der Waals surface area contributed by atoms with Crippen molar-refractivity contribution in [2.45, 2.75) is 83.3 Å². The van der Waals surface area contributed by atoms with Crippen LogP contribution < -0.4 is 0 Å². The number of Topliss-reactive ketones (excluding diaryl/α,β-unsaturated/α-hetero) is 1. The molecule has 0 spiro atoms. The second kappa shape index (κ2) is 7.31. The van der Waals surface area contributed by atoms with Crippen molar-refractivity contribution in [2.24, 2.45) is 40.9 Å². The van der Waals surface area contributed by atoms with Gasteiger partial charge in [0.2, 0.25) is 0 Å². The van der Waals surface area contributed by atoms with Crippen molar-refractivity contribution in [3.8, 4) is 6.07 Å². The van der Waals surface area contributed by atoms with E-state index in [1.807, 2.05) is 13.0 Å². The number of nitriles is 1. The molecule has 4 saturated carbocycles. The van der Waals surface area contributed by atoms with Crippen LogP contribution in [0.5, 0.6) is 0 Å². The van der Waals surface area contributed by atoms with Crippen molar-refractivity contribution < 1.29 is 18.7 Å². The van der Waals surface area contributed by atoms with E-state index in [-0.39, 0.29) is 48.1 Å². The van der Waals surface area contributed by atoms with Crippen molar-refractivity contribution in [1.82, 2.24) is 15.0 Å². The molecule has 0 aromatic carbocycles. The first-order valence-corrected chi connectivity index (χ1v) is 12.0. The highest BCUT2D eigenvalue weighted by molar-refractivity contribution is 5.82. The maximum absolute atomic E-state index is 16.0. The first kappa shape index (κ1) is 21.9. The van der Waals surface area contributed by atoms with Crippen LogP contribution in [0.4, 0.5) is 8.78 Å². The van der Waals surface area contributed by atoms with Crippen LogP contribution in [0.3, 0.4) is 0 Å². The highest BCUT2D eigenvalue weighted by Gasteiger charge is 2.70. The summed E-state index contributed by atoms with van der Waals surface area (Å²) in [4.78, 5) is 13.2. The molecule has 6 nitrogen and oxygen atoms in total. The highest BCUT2D eigenvalue weighted by Crippen LogP contribution is 2.69. The van der Waals surface area contributed by atoms with E-state index in [0.29, 0.717) is 25.2 Å². The average Bonchev–Trinajstić information content (AvgIpc) is 3.32. The molecule has 0 radical (unpaired) electrons. The second-order valence-corrected chi connectivity index (χ2v) is 11.4. The minimum Gasteiger partial charge on any atom is -0.390 e. The Labute approximate surface area is 187 Å². The van der Waals surface area contributed by atoms with Gasteiger partial charge in [-0.25, -0.2) is 13.5 Å². The molecule has 1 heterocycles. The Kier molecular flexibility index (Phi) is 5.01. The van der Waals surface area contributed by atoms with Gasteiger partial charge >= 0.3 is 0 Å². The number of hydrogen-bond donors (Lipinski definition) is 1. The Morgan fingerprint density at radius 2 is 1.97 bits per heavy atom. The zero-order valence-corrected chi connectivity index (χ0v) is 18.8. The Balaban J connectivity index is 1.39. The number of aliphatic hydroxyl groups is 1. The summed E-state index contributed by atoms with van der Waals surface area (Å²) in [6, 6.07) is 1.87. The molecule has 32 heavy (non-hydrogen) atoms. The van der Waals surface area contributed by atoms with Gasteiger partial charge in [-0.3, -0.25) is 4.79 Å². The van der Waals surface area contributed by atoms with E-state index in [1.165, 1.54) is 10.9 Å². The van der Waals surface area contributed by atoms with E-state index in [4.69, 9.17) is 5.26 Å². The fraction of sp³-hybridized carbons (Fsp3) is 0.833. The molecule has 1 N–H and O–H groups in total. The summed E-state index contributed by atoms with van der Waals surface area (Å²) in [6.07, 6.45) is 6.56. The predicted octanol–water partition coefficient (Wildman–Crippen LogP) is 3.98. The molecule has 8 heteroatoms. The van der Waals surface area contributed by atoms with Crippen molar-refractivity contribution in [2.75, 3.05) is 0 Å². The Morgan fingerprint density at radius 3 is 2.69 bits per heavy atom. The van der Waals surface area contributed by atoms with Crippen LogP contribution in [0.1, 0.15) is 70.9 Å². The molecule has 4 aliphatic rings. The standard InChI is InChI=1S/C24H32F2N4O2/c1-22(32)8-7-16-14(9-22)3-4-17-18(16)10-24(25,26)23(2)19(17)5-6-20(23)21(31)13-30-12-15(11-27)28-29-30/h12,14,16-20,32H,3-10,13H2,1-2H3/t14-,16?,17-,18-,19?,20-,22-,23+/m1/s1. The molecular weight excluding hydrogens is 414 g/mol. The molecule has 4 aliphatic carbocycles. The van der Waals surface area contributed by atoms with Gasteiger partial charge in [-0.05, 0) is 81.5 Å². The fourth-order valence-corrected chi connectivity index (χ4v) is 8.25. The second-order valence-electron chi connectivity index (χ2n) is 11.4. The molecule has 1 aromatic rings. The van der Waals surface area contributed by atoms with Crippen molar-refractivity contribution in [3.63, 3.8) is 0 Å². The lowest BCUT2D eigenvalue weighted by molar-refractivity contribution is -0.228. The smallest absolute Gasteiger partial charge is 0.254 e. The summed E-state index contributed by atoms with van der Waals surface area (Å²) in [7, 11) is 0. The molecule has 2 unspecified atom stereocenters. The van der Waals surface area contributed by atoms with E-state index in [2.05, 4.69) is 10.3 Å². The topological polar surface area (TPSA) is 91.8 Å². The van der Waals surface area contributed by atoms with Crippen LogP contribution in [0.25, 0.3) is 0 Å². The molecule has 0 amide bonds. The predicted molar refractivity (Wildman–Crippen MR) is 111 cm³/mol. The average molecular weight is 447 g/mol. The van der Waals surface area contributed by atoms with Crippen molar-refractivity contribution in [3.05, 3.63) is 11.9 Å². The van der Waals surface area contributed by atoms with Crippen LogP contribution in [-0.4, -0.2) is 37.4 Å². The SMILES string of the molecule is C[C@@]1(O)CCC2[C@H](CC[C@H]3C4CC[C@H](C(=O)Cn5cc(C#N)nn5)[C@@]4(C)C(F)(F)C[C@H]23)C1. The maximum Gasteiger partial charge on any atom is 0.254 e. The Morgan fingerprint density at radius 1 is 1.19 bits per heavy atom. The quantitative estimate of drug-likeness (QED) is 0.758. The molecule has 0 saturated heterocycles. The van der Waals surface area contributed by atoms with Crippen LogP contribution >= 0.6 is 0 Å². The van der Waals surface area contributed by atoms with E-state index >= 15 is 8.78 Å². The number of alkyl halides is 2. The first-order chi connectivity index (χ1) is 15.1. The largest absolute Gasteiger partial charge is 0.390 e. The third-order valence-electron chi connectivity index (χ3n) is 9.71. The number of nitrogens with zero attached hydrogens (tertiary/aromatic N) is 4. The third kappa shape index (κ3) is 3.22. The van der Waals surface area contributed by atoms with Gasteiger partial charge < -0.3 is 5.11 Å². The summed E-state index contributed by atoms with van der Waals surface area (Å²) < 4.78 is 33.2. The summed E-state index contributed by atoms with van der Waals surface area (Å²) in [5.41, 5.74) is -1.89. The van der Waals surface area contributed by atoms with E-state index in [9.17, 15) is 9.90 Å². The van der Waals surface area contributed by atoms with Crippen molar-refractivity contribution in [1.29, 1.82) is 5.26 Å². The van der Waals surface area contributed by atoms with Gasteiger partial charge in [0.25, 0.3) is 5.92 Å². The van der Waals surface area contributed by atoms with Gasteiger partial charge in [0.1, 0.15) is 12.6 Å². The fourth-order valence-electron chi connectivity index (χ4n) is 8.25. The lowest BCUT2D eigenvalue weighted by Gasteiger charge is -2.59. The normalized spacial score (nSPS) is 44.8. The number of rotatable bonds is 3. The molecular formula is C24H32F2N4O2. The summed E-state index contributed by atoms with van der Waals surface area (Å²) in [5, 5.41) is 26.9. The Bertz CT molecular complexity index is 954. The molecule has 0 bridgehead atoms. The van der Waals surface area contributed by atoms with Crippen LogP contribution in [0.15, 0.2) is 6.20 Å². The lowest BCUT2D eigenvalue weighted by atomic mass is 9.47. The van der Waals surface area contributed by atoms with E-state index in [0.717, 1.165) is 25.7 Å². The van der Waals surface area contributed by atoms with Crippen LogP contribution in [0, 0.1) is 52.3 Å². The minimum absolute atomic E-state index is 0.0136. The number of aromatic nitrogens is 3. The van der Waals surface area contributed by atoms with Crippen molar-refractivity contribution >= 4 is 5.78 Å². The number of fused-ring (bicyclic) bond motifs is 5. The zero-order valence-electron chi connectivity index (χ0n) is 18.8. The number of ketones is 1. The van der Waals surface area contributed by atoms with E-state index < -0.39 is 22.9 Å². The van der Waals surface area contributed by atoms with Crippen LogP contribution in [-0.2, 0) is 11.3 Å². The van der Waals surface area contributed by atoms with Gasteiger partial charge in [-0.1, -0.05) is 12.1 Å². The third-order valence-corrected chi connectivity index (χ3v) is 9.71. The van der Waals surface area contributed by atoms with Crippen LogP contribution in [0.2, 0.25) is 0 Å². The molecule has 5 rings (SSSR count). The Hall–Kier alpha value is -1.88. The molecule has 4 fully saturated rings. The molecule has 1 aromatic heterocycles. The van der Waals surface area contributed by atoms with Gasteiger partial charge in [0.05, 0.1) is 11.8 Å². The molecule has 0 aliphatic heterocycles. The van der Waals surface area contributed by atoms with Gasteiger partial charge in [-0.15, -0.1) is 5.10 Å². The van der Waals surface area contributed by atoms with E-state index in [1.54, 1.807) is 6.92 Å². The zero-order chi connectivity index (χ0) is 22.9. The monoisotopic (exact) mass is 446 g/mol. The number of carbonyl (C=O) groups excluding carboxylic acids is 1. The summed E-state index contributed by atoms with van der Waals surface area (Å²) in [5.74, 6) is -3.18. The summed E-state index contributed by atoms with van der Waals surface area (Å²) >= 11 is 0. The minimum atomic E-state index is -2.91. The first-order valence-electron chi connectivity index (χ1n) is 12.0. The summed E-state index contributed by atoms with van der Waals surface area (Å²) in [6.45, 7) is 3.42.